The smallest absolute Gasteiger partial charge is 0.308 e. The van der Waals surface area contributed by atoms with Crippen molar-refractivity contribution in [3.05, 3.63) is 36.4 Å². The zero-order chi connectivity index (χ0) is 16.1. The molecule has 5 nitrogen and oxygen atoms in total. The highest BCUT2D eigenvalue weighted by Crippen LogP contribution is 2.50. The third-order valence-electron chi connectivity index (χ3n) is 5.12. The number of fused-ring (bicyclic) bond motifs is 1. The van der Waals surface area contributed by atoms with Crippen LogP contribution in [0.4, 0.5) is 5.69 Å². The zero-order valence-corrected chi connectivity index (χ0v) is 12.8. The van der Waals surface area contributed by atoms with Crippen LogP contribution in [0.15, 0.2) is 36.4 Å². The number of hydrogen-bond donors (Lipinski definition) is 0. The first-order valence-electron chi connectivity index (χ1n) is 7.91. The number of nitrogens with zero attached hydrogens (tertiary/aromatic N) is 1. The highest BCUT2D eigenvalue weighted by atomic mass is 16.5. The fourth-order valence-corrected chi connectivity index (χ4v) is 4.16. The zero-order valence-electron chi connectivity index (χ0n) is 12.8. The summed E-state index contributed by atoms with van der Waals surface area (Å²) in [5, 5.41) is 0. The minimum absolute atomic E-state index is 0.0979. The van der Waals surface area contributed by atoms with Crippen molar-refractivity contribution in [3.63, 3.8) is 0 Å². The van der Waals surface area contributed by atoms with E-state index in [-0.39, 0.29) is 35.5 Å². The normalized spacial score (nSPS) is 31.4. The molecular weight excluding hydrogens is 294 g/mol. The average Bonchev–Trinajstić information content (AvgIpc) is 2.83. The summed E-state index contributed by atoms with van der Waals surface area (Å²) in [4.78, 5) is 37.8. The number of rotatable bonds is 2. The van der Waals surface area contributed by atoms with Gasteiger partial charge in [-0.1, -0.05) is 12.2 Å². The van der Waals surface area contributed by atoms with Gasteiger partial charge in [0, 0.05) is 6.92 Å². The molecule has 0 radical (unpaired) electrons. The second-order valence-corrected chi connectivity index (χ2v) is 6.44. The van der Waals surface area contributed by atoms with Gasteiger partial charge < -0.3 is 4.74 Å². The molecular formula is C18H17NO4. The number of carbonyl (C=O) groups is 3. The van der Waals surface area contributed by atoms with E-state index in [0.29, 0.717) is 11.4 Å². The number of anilines is 1. The molecule has 2 amide bonds. The van der Waals surface area contributed by atoms with E-state index in [0.717, 1.165) is 12.8 Å². The highest BCUT2D eigenvalue weighted by Gasteiger charge is 2.56. The molecule has 3 aliphatic carbocycles. The molecule has 1 aromatic carbocycles. The molecule has 5 heteroatoms. The summed E-state index contributed by atoms with van der Waals surface area (Å²) in [6.07, 6.45) is 6.18. The number of amides is 2. The Kier molecular flexibility index (Phi) is 3.11. The van der Waals surface area contributed by atoms with Gasteiger partial charge in [0.25, 0.3) is 0 Å². The molecule has 1 aliphatic heterocycles. The van der Waals surface area contributed by atoms with Crippen LogP contribution in [0.2, 0.25) is 0 Å². The van der Waals surface area contributed by atoms with E-state index in [4.69, 9.17) is 4.74 Å². The van der Waals surface area contributed by atoms with Gasteiger partial charge in [-0.05, 0) is 48.9 Å². The number of ether oxygens (including phenoxy) is 1. The first kappa shape index (κ1) is 14.2. The molecule has 1 saturated heterocycles. The SMILES string of the molecule is CC(=O)Oc1ccc(N2C(=O)[C@H]3[C@H](C2=O)[C@H]2C=C[C@@H]3CC2)cc1. The number of esters is 1. The van der Waals surface area contributed by atoms with Crippen LogP contribution in [-0.4, -0.2) is 17.8 Å². The van der Waals surface area contributed by atoms with Crippen LogP contribution in [0, 0.1) is 23.7 Å². The second kappa shape index (κ2) is 5.05. The van der Waals surface area contributed by atoms with E-state index in [9.17, 15) is 14.4 Å². The summed E-state index contributed by atoms with van der Waals surface area (Å²) in [5.74, 6) is -0.241. The molecule has 0 aromatic heterocycles. The van der Waals surface area contributed by atoms with E-state index < -0.39 is 5.97 Å². The van der Waals surface area contributed by atoms with Crippen LogP contribution in [0.3, 0.4) is 0 Å². The Morgan fingerprint density at radius 1 is 1.00 bits per heavy atom. The number of allylic oxidation sites excluding steroid dienone is 2. The van der Waals surface area contributed by atoms with Gasteiger partial charge in [-0.25, -0.2) is 0 Å². The van der Waals surface area contributed by atoms with Crippen molar-refractivity contribution < 1.29 is 19.1 Å². The Hall–Kier alpha value is -2.43. The molecule has 118 valence electrons. The fourth-order valence-electron chi connectivity index (χ4n) is 4.16. The predicted molar refractivity (Wildman–Crippen MR) is 82.6 cm³/mol. The molecule has 1 heterocycles. The molecule has 0 unspecified atom stereocenters. The first-order chi connectivity index (χ1) is 11.1. The van der Waals surface area contributed by atoms with Crippen molar-refractivity contribution in [3.8, 4) is 5.75 Å². The third-order valence-corrected chi connectivity index (χ3v) is 5.12. The predicted octanol–water partition coefficient (Wildman–Crippen LogP) is 2.31. The molecule has 2 bridgehead atoms. The van der Waals surface area contributed by atoms with Gasteiger partial charge in [-0.3, -0.25) is 19.3 Å². The monoisotopic (exact) mass is 311 g/mol. The van der Waals surface area contributed by atoms with Crippen molar-refractivity contribution in [1.82, 2.24) is 0 Å². The maximum absolute atomic E-state index is 12.8. The van der Waals surface area contributed by atoms with Crippen molar-refractivity contribution in [2.45, 2.75) is 19.8 Å². The molecule has 2 fully saturated rings. The summed E-state index contributed by atoms with van der Waals surface area (Å²) in [7, 11) is 0. The Bertz CT molecular complexity index is 689. The summed E-state index contributed by atoms with van der Waals surface area (Å²) < 4.78 is 4.99. The first-order valence-corrected chi connectivity index (χ1v) is 7.91. The van der Waals surface area contributed by atoms with Gasteiger partial charge >= 0.3 is 5.97 Å². The number of hydrogen-bond acceptors (Lipinski definition) is 4. The fraction of sp³-hybridized carbons (Fsp3) is 0.389. The van der Waals surface area contributed by atoms with Crippen molar-refractivity contribution in [2.75, 3.05) is 4.90 Å². The summed E-state index contributed by atoms with van der Waals surface area (Å²) in [5.41, 5.74) is 0.546. The van der Waals surface area contributed by atoms with Gasteiger partial charge in [0.1, 0.15) is 5.75 Å². The van der Waals surface area contributed by atoms with Crippen LogP contribution in [0.25, 0.3) is 0 Å². The Labute approximate surface area is 133 Å². The largest absolute Gasteiger partial charge is 0.427 e. The van der Waals surface area contributed by atoms with E-state index in [2.05, 4.69) is 12.2 Å². The summed E-state index contributed by atoms with van der Waals surface area (Å²) in [6.45, 7) is 1.33. The Balaban J connectivity index is 1.64. The molecule has 1 aromatic rings. The van der Waals surface area contributed by atoms with Crippen LogP contribution >= 0.6 is 0 Å². The molecule has 23 heavy (non-hydrogen) atoms. The lowest BCUT2D eigenvalue weighted by molar-refractivity contribution is -0.132. The lowest BCUT2D eigenvalue weighted by atomic mass is 9.63. The second-order valence-electron chi connectivity index (χ2n) is 6.44. The lowest BCUT2D eigenvalue weighted by Crippen LogP contribution is -2.38. The minimum atomic E-state index is -0.403. The van der Waals surface area contributed by atoms with Crippen molar-refractivity contribution >= 4 is 23.5 Å². The minimum Gasteiger partial charge on any atom is -0.427 e. The third kappa shape index (κ3) is 2.11. The number of imide groups is 1. The molecule has 4 atom stereocenters. The van der Waals surface area contributed by atoms with E-state index in [1.807, 2.05) is 0 Å². The molecule has 0 N–H and O–H groups in total. The van der Waals surface area contributed by atoms with Gasteiger partial charge in [-0.15, -0.1) is 0 Å². The van der Waals surface area contributed by atoms with E-state index in [1.165, 1.54) is 11.8 Å². The van der Waals surface area contributed by atoms with Crippen LogP contribution in [0.1, 0.15) is 19.8 Å². The Morgan fingerprint density at radius 3 is 1.96 bits per heavy atom. The lowest BCUT2D eigenvalue weighted by Gasteiger charge is -2.38. The standard InChI is InChI=1S/C18H17NO4/c1-10(20)23-14-8-6-13(7-9-14)19-17(21)15-11-2-3-12(5-4-11)16(15)18(19)22/h2-3,6-9,11-12,15-16H,4-5H2,1H3/t11-,12+,15-,16-/m1/s1. The van der Waals surface area contributed by atoms with Gasteiger partial charge in [0.15, 0.2) is 0 Å². The van der Waals surface area contributed by atoms with Gasteiger partial charge in [-0.2, -0.15) is 0 Å². The molecule has 0 spiro atoms. The topological polar surface area (TPSA) is 63.7 Å². The maximum atomic E-state index is 12.8. The number of carbonyl (C=O) groups excluding carboxylic acids is 3. The summed E-state index contributed by atoms with van der Waals surface area (Å²) in [6, 6.07) is 6.51. The Morgan fingerprint density at radius 2 is 1.52 bits per heavy atom. The molecule has 1 saturated carbocycles. The number of benzene rings is 1. The van der Waals surface area contributed by atoms with Crippen LogP contribution < -0.4 is 9.64 Å². The van der Waals surface area contributed by atoms with Crippen LogP contribution in [0.5, 0.6) is 5.75 Å². The average molecular weight is 311 g/mol. The summed E-state index contributed by atoms with van der Waals surface area (Å²) >= 11 is 0. The van der Waals surface area contributed by atoms with E-state index in [1.54, 1.807) is 24.3 Å². The molecule has 4 aliphatic rings. The molecule has 5 rings (SSSR count). The maximum Gasteiger partial charge on any atom is 0.308 e. The van der Waals surface area contributed by atoms with E-state index >= 15 is 0 Å². The quantitative estimate of drug-likeness (QED) is 0.364. The van der Waals surface area contributed by atoms with Crippen molar-refractivity contribution in [2.24, 2.45) is 23.7 Å². The van der Waals surface area contributed by atoms with Gasteiger partial charge in [0.2, 0.25) is 11.8 Å². The van der Waals surface area contributed by atoms with Crippen molar-refractivity contribution in [1.29, 1.82) is 0 Å². The highest BCUT2D eigenvalue weighted by molar-refractivity contribution is 6.22. The van der Waals surface area contributed by atoms with Gasteiger partial charge in [0.05, 0.1) is 17.5 Å². The van der Waals surface area contributed by atoms with Crippen LogP contribution in [-0.2, 0) is 14.4 Å².